The van der Waals surface area contributed by atoms with E-state index in [1.54, 1.807) is 4.90 Å². The smallest absolute Gasteiger partial charge is 0.272 e. The summed E-state index contributed by atoms with van der Waals surface area (Å²) < 4.78 is 5.25. The van der Waals surface area contributed by atoms with Gasteiger partial charge in [-0.1, -0.05) is 19.3 Å². The number of hydrogen-bond acceptors (Lipinski definition) is 4. The van der Waals surface area contributed by atoms with Crippen LogP contribution in [0, 0.1) is 0 Å². The highest BCUT2D eigenvalue weighted by molar-refractivity contribution is 6.04. The summed E-state index contributed by atoms with van der Waals surface area (Å²) in [5, 5.41) is 3.00. The van der Waals surface area contributed by atoms with Crippen molar-refractivity contribution in [1.82, 2.24) is 20.2 Å². The van der Waals surface area contributed by atoms with Crippen molar-refractivity contribution in [2.75, 3.05) is 26.3 Å². The van der Waals surface area contributed by atoms with Crippen LogP contribution in [-0.2, 0) is 4.74 Å². The van der Waals surface area contributed by atoms with Gasteiger partial charge in [0.1, 0.15) is 5.69 Å². The molecule has 22 heavy (non-hydrogen) atoms. The Morgan fingerprint density at radius 2 is 1.95 bits per heavy atom. The van der Waals surface area contributed by atoms with Crippen LogP contribution in [0.1, 0.15) is 53.1 Å². The van der Waals surface area contributed by atoms with E-state index < -0.39 is 0 Å². The van der Waals surface area contributed by atoms with Crippen molar-refractivity contribution in [1.29, 1.82) is 0 Å². The highest BCUT2D eigenvalue weighted by atomic mass is 16.5. The minimum atomic E-state index is -0.259. The summed E-state index contributed by atoms with van der Waals surface area (Å²) in [5.41, 5.74) is 0.470. The Morgan fingerprint density at radius 3 is 2.68 bits per heavy atom. The molecule has 1 aliphatic carbocycles. The van der Waals surface area contributed by atoms with Crippen LogP contribution in [0.5, 0.6) is 0 Å². The number of ether oxygens (including phenoxy) is 1. The van der Waals surface area contributed by atoms with E-state index in [0.29, 0.717) is 26.3 Å². The molecule has 0 unspecified atom stereocenters. The highest BCUT2D eigenvalue weighted by Crippen LogP contribution is 2.18. The lowest BCUT2D eigenvalue weighted by atomic mass is 9.95. The van der Waals surface area contributed by atoms with E-state index >= 15 is 0 Å². The van der Waals surface area contributed by atoms with E-state index in [1.165, 1.54) is 12.7 Å². The Morgan fingerprint density at radius 1 is 1.23 bits per heavy atom. The molecule has 7 heteroatoms. The number of imidazole rings is 1. The molecule has 0 spiro atoms. The van der Waals surface area contributed by atoms with Gasteiger partial charge in [0.05, 0.1) is 19.5 Å². The first-order chi connectivity index (χ1) is 10.8. The average Bonchev–Trinajstić information content (AvgIpc) is 3.05. The zero-order valence-corrected chi connectivity index (χ0v) is 12.6. The van der Waals surface area contributed by atoms with Crippen molar-refractivity contribution >= 4 is 11.8 Å². The molecule has 2 N–H and O–H groups in total. The van der Waals surface area contributed by atoms with Crippen LogP contribution in [0.15, 0.2) is 6.33 Å². The van der Waals surface area contributed by atoms with Crippen molar-refractivity contribution in [2.24, 2.45) is 0 Å². The predicted octanol–water partition coefficient (Wildman–Crippen LogP) is 0.945. The summed E-state index contributed by atoms with van der Waals surface area (Å²) in [6.07, 6.45) is 6.93. The summed E-state index contributed by atoms with van der Waals surface area (Å²) in [7, 11) is 0. The van der Waals surface area contributed by atoms with Gasteiger partial charge in [0.25, 0.3) is 11.8 Å². The number of nitrogens with zero attached hydrogens (tertiary/aromatic N) is 2. The molecular formula is C15H22N4O3. The Hall–Kier alpha value is -1.89. The third-order valence-electron chi connectivity index (χ3n) is 4.31. The number of aromatic nitrogens is 2. The maximum atomic E-state index is 12.5. The first kappa shape index (κ1) is 15.0. The van der Waals surface area contributed by atoms with Crippen LogP contribution < -0.4 is 5.32 Å². The number of hydrogen-bond donors (Lipinski definition) is 2. The summed E-state index contributed by atoms with van der Waals surface area (Å²) in [6.45, 7) is 2.15. The molecule has 1 aliphatic heterocycles. The van der Waals surface area contributed by atoms with E-state index in [0.717, 1.165) is 25.7 Å². The Bertz CT molecular complexity index is 531. The lowest BCUT2D eigenvalue weighted by molar-refractivity contribution is 0.0298. The molecule has 0 aromatic carbocycles. The van der Waals surface area contributed by atoms with Crippen LogP contribution in [-0.4, -0.2) is 59.0 Å². The minimum absolute atomic E-state index is 0.186. The lowest BCUT2D eigenvalue weighted by Crippen LogP contribution is -2.42. The fraction of sp³-hybridized carbons (Fsp3) is 0.667. The predicted molar refractivity (Wildman–Crippen MR) is 79.6 cm³/mol. The number of H-pyrrole nitrogens is 1. The molecule has 2 aliphatic rings. The van der Waals surface area contributed by atoms with E-state index in [4.69, 9.17) is 4.74 Å². The van der Waals surface area contributed by atoms with Crippen LogP contribution in [0.25, 0.3) is 0 Å². The summed E-state index contributed by atoms with van der Waals surface area (Å²) >= 11 is 0. The quantitative estimate of drug-likeness (QED) is 0.870. The van der Waals surface area contributed by atoms with Crippen molar-refractivity contribution < 1.29 is 14.3 Å². The Kier molecular flexibility index (Phi) is 4.72. The van der Waals surface area contributed by atoms with E-state index in [1.807, 2.05) is 0 Å². The third kappa shape index (κ3) is 3.30. The summed E-state index contributed by atoms with van der Waals surface area (Å²) in [6, 6.07) is 0.198. The molecule has 7 nitrogen and oxygen atoms in total. The van der Waals surface area contributed by atoms with Crippen molar-refractivity contribution in [3.8, 4) is 0 Å². The summed E-state index contributed by atoms with van der Waals surface area (Å²) in [4.78, 5) is 33.4. The maximum absolute atomic E-state index is 12.5. The second kappa shape index (κ2) is 6.91. The topological polar surface area (TPSA) is 87.3 Å². The number of rotatable bonds is 3. The molecule has 1 aromatic rings. The average molecular weight is 306 g/mol. The second-order valence-corrected chi connectivity index (χ2v) is 5.84. The lowest BCUT2D eigenvalue weighted by Gasteiger charge is -2.26. The monoisotopic (exact) mass is 306 g/mol. The van der Waals surface area contributed by atoms with Gasteiger partial charge in [-0.05, 0) is 12.8 Å². The van der Waals surface area contributed by atoms with Gasteiger partial charge >= 0.3 is 0 Å². The molecule has 3 rings (SSSR count). The van der Waals surface area contributed by atoms with Gasteiger partial charge in [0.15, 0.2) is 5.69 Å². The fourth-order valence-electron chi connectivity index (χ4n) is 3.05. The number of carbonyl (C=O) groups is 2. The molecule has 1 aromatic heterocycles. The molecule has 0 atom stereocenters. The van der Waals surface area contributed by atoms with Gasteiger partial charge in [-0.2, -0.15) is 0 Å². The SMILES string of the molecule is O=C(NC1CCCCC1)c1nc[nH]c1C(=O)N1CCOCC1. The molecule has 0 radical (unpaired) electrons. The number of carbonyl (C=O) groups excluding carboxylic acids is 2. The van der Waals surface area contributed by atoms with Crippen molar-refractivity contribution in [3.63, 3.8) is 0 Å². The van der Waals surface area contributed by atoms with Gasteiger partial charge in [0.2, 0.25) is 0 Å². The molecule has 2 fully saturated rings. The van der Waals surface area contributed by atoms with Gasteiger partial charge < -0.3 is 19.9 Å². The zero-order valence-electron chi connectivity index (χ0n) is 12.6. The van der Waals surface area contributed by atoms with E-state index in [9.17, 15) is 9.59 Å². The van der Waals surface area contributed by atoms with E-state index in [-0.39, 0.29) is 29.2 Å². The standard InChI is InChI=1S/C15H22N4O3/c20-14(18-11-4-2-1-3-5-11)12-13(17-10-16-12)15(21)19-6-8-22-9-7-19/h10-11H,1-9H2,(H,16,17)(H,18,20). The van der Waals surface area contributed by atoms with Gasteiger partial charge in [-0.25, -0.2) is 4.98 Å². The molecular weight excluding hydrogens is 284 g/mol. The van der Waals surface area contributed by atoms with Crippen LogP contribution >= 0.6 is 0 Å². The minimum Gasteiger partial charge on any atom is -0.378 e. The number of amides is 2. The number of nitrogens with one attached hydrogen (secondary N) is 2. The number of aromatic amines is 1. The first-order valence-corrected chi connectivity index (χ1v) is 7.97. The molecule has 2 amide bonds. The van der Waals surface area contributed by atoms with Crippen molar-refractivity contribution in [3.05, 3.63) is 17.7 Å². The van der Waals surface area contributed by atoms with E-state index in [2.05, 4.69) is 15.3 Å². The Labute approximate surface area is 129 Å². The Balaban J connectivity index is 1.67. The van der Waals surface area contributed by atoms with Gasteiger partial charge in [-0.15, -0.1) is 0 Å². The molecule has 0 bridgehead atoms. The molecule has 2 heterocycles. The largest absolute Gasteiger partial charge is 0.378 e. The zero-order chi connectivity index (χ0) is 15.4. The van der Waals surface area contributed by atoms with Crippen LogP contribution in [0.4, 0.5) is 0 Å². The number of morpholine rings is 1. The van der Waals surface area contributed by atoms with Crippen LogP contribution in [0.3, 0.4) is 0 Å². The molecule has 1 saturated heterocycles. The van der Waals surface area contributed by atoms with Gasteiger partial charge in [0, 0.05) is 19.1 Å². The third-order valence-corrected chi connectivity index (χ3v) is 4.31. The van der Waals surface area contributed by atoms with Crippen molar-refractivity contribution in [2.45, 2.75) is 38.1 Å². The second-order valence-electron chi connectivity index (χ2n) is 5.84. The normalized spacial score (nSPS) is 19.9. The first-order valence-electron chi connectivity index (χ1n) is 7.97. The molecule has 120 valence electrons. The highest BCUT2D eigenvalue weighted by Gasteiger charge is 2.27. The molecule has 1 saturated carbocycles. The summed E-state index contributed by atoms with van der Waals surface area (Å²) in [5.74, 6) is -0.445. The van der Waals surface area contributed by atoms with Crippen LogP contribution in [0.2, 0.25) is 0 Å². The van der Waals surface area contributed by atoms with Gasteiger partial charge in [-0.3, -0.25) is 9.59 Å². The maximum Gasteiger partial charge on any atom is 0.272 e. The fourth-order valence-corrected chi connectivity index (χ4v) is 3.05.